The van der Waals surface area contributed by atoms with Gasteiger partial charge in [-0.05, 0) is 25.1 Å². The molecule has 3 rings (SSSR count). The van der Waals surface area contributed by atoms with Crippen molar-refractivity contribution >= 4 is 5.91 Å². The van der Waals surface area contributed by atoms with E-state index in [1.807, 2.05) is 12.1 Å². The van der Waals surface area contributed by atoms with Gasteiger partial charge in [0, 0.05) is 12.7 Å². The molecule has 0 saturated carbocycles. The zero-order valence-corrected chi connectivity index (χ0v) is 14.1. The van der Waals surface area contributed by atoms with E-state index < -0.39 is 11.7 Å². The van der Waals surface area contributed by atoms with Gasteiger partial charge in [0.15, 0.2) is 11.5 Å². The first-order chi connectivity index (χ1) is 12.0. The van der Waals surface area contributed by atoms with Crippen LogP contribution >= 0.6 is 0 Å². The minimum absolute atomic E-state index is 0.102. The Morgan fingerprint density at radius 1 is 1.24 bits per heavy atom. The van der Waals surface area contributed by atoms with Gasteiger partial charge < -0.3 is 19.5 Å². The second-order valence-corrected chi connectivity index (χ2v) is 6.00. The maximum absolute atomic E-state index is 14.1. The van der Waals surface area contributed by atoms with E-state index in [0.717, 1.165) is 0 Å². The topological polar surface area (TPSA) is 56.8 Å². The molecule has 5 nitrogen and oxygen atoms in total. The zero-order chi connectivity index (χ0) is 17.9. The van der Waals surface area contributed by atoms with Gasteiger partial charge in [0.1, 0.15) is 18.0 Å². The van der Waals surface area contributed by atoms with Gasteiger partial charge in [-0.25, -0.2) is 4.39 Å². The van der Waals surface area contributed by atoms with E-state index in [4.69, 9.17) is 14.2 Å². The highest BCUT2D eigenvalue weighted by Crippen LogP contribution is 2.31. The summed E-state index contributed by atoms with van der Waals surface area (Å²) in [6, 6.07) is 13.5. The summed E-state index contributed by atoms with van der Waals surface area (Å²) in [6.07, 6.45) is -0.767. The van der Waals surface area contributed by atoms with E-state index >= 15 is 0 Å². The summed E-state index contributed by atoms with van der Waals surface area (Å²) in [5, 5.41) is 2.76. The number of hydrogen-bond acceptors (Lipinski definition) is 4. The summed E-state index contributed by atoms with van der Waals surface area (Å²) in [7, 11) is 1.48. The first kappa shape index (κ1) is 17.2. The molecule has 0 aromatic heterocycles. The van der Waals surface area contributed by atoms with E-state index in [2.05, 4.69) is 5.32 Å². The van der Waals surface area contributed by atoms with Crippen molar-refractivity contribution in [2.75, 3.05) is 20.3 Å². The molecule has 0 radical (unpaired) electrons. The lowest BCUT2D eigenvalue weighted by Gasteiger charge is -2.31. The van der Waals surface area contributed by atoms with Crippen molar-refractivity contribution in [1.82, 2.24) is 5.32 Å². The van der Waals surface area contributed by atoms with E-state index in [1.165, 1.54) is 13.2 Å². The second kappa shape index (κ2) is 7.11. The molecule has 1 aliphatic rings. The highest BCUT2D eigenvalue weighted by atomic mass is 19.1. The molecule has 0 saturated heterocycles. The van der Waals surface area contributed by atoms with Crippen molar-refractivity contribution in [2.45, 2.75) is 18.6 Å². The van der Waals surface area contributed by atoms with Crippen LogP contribution in [0.1, 0.15) is 12.5 Å². The Hall–Kier alpha value is -2.60. The maximum Gasteiger partial charge on any atom is 0.264 e. The largest absolute Gasteiger partial charge is 0.485 e. The smallest absolute Gasteiger partial charge is 0.264 e. The lowest BCUT2D eigenvalue weighted by Crippen LogP contribution is -2.48. The van der Waals surface area contributed by atoms with Gasteiger partial charge in [-0.1, -0.05) is 30.3 Å². The van der Waals surface area contributed by atoms with Crippen LogP contribution in [0.25, 0.3) is 0 Å². The van der Waals surface area contributed by atoms with Crippen LogP contribution in [-0.2, 0) is 15.1 Å². The molecule has 1 aliphatic heterocycles. The fraction of sp³-hybridized carbons (Fsp3) is 0.316. The number of halogens is 1. The highest BCUT2D eigenvalue weighted by Gasteiger charge is 2.33. The monoisotopic (exact) mass is 345 g/mol. The van der Waals surface area contributed by atoms with Crippen molar-refractivity contribution < 1.29 is 23.4 Å². The summed E-state index contributed by atoms with van der Waals surface area (Å²) in [6.45, 7) is 1.94. The van der Waals surface area contributed by atoms with Crippen LogP contribution in [0.3, 0.4) is 0 Å². The lowest BCUT2D eigenvalue weighted by molar-refractivity contribution is -0.132. The Morgan fingerprint density at radius 3 is 2.64 bits per heavy atom. The first-order valence-corrected chi connectivity index (χ1v) is 8.00. The molecule has 1 amide bonds. The van der Waals surface area contributed by atoms with Crippen LogP contribution in [0, 0.1) is 5.82 Å². The standard InChI is InChI=1S/C19H20FNO4/c1-19(23-2,13-7-3-4-8-14(13)20)12-21-18(22)17-11-24-15-9-5-6-10-16(15)25-17/h3-10,17H,11-12H2,1-2H3,(H,21,22)/t17-,19-/m0/s1. The van der Waals surface area contributed by atoms with Gasteiger partial charge in [0.25, 0.3) is 5.91 Å². The minimum atomic E-state index is -0.992. The number of benzene rings is 2. The molecular weight excluding hydrogens is 325 g/mol. The Bertz CT molecular complexity index is 767. The van der Waals surface area contributed by atoms with Crippen LogP contribution < -0.4 is 14.8 Å². The van der Waals surface area contributed by atoms with Gasteiger partial charge in [-0.2, -0.15) is 0 Å². The van der Waals surface area contributed by atoms with Gasteiger partial charge in [0.05, 0.1) is 6.54 Å². The van der Waals surface area contributed by atoms with Gasteiger partial charge in [0.2, 0.25) is 6.10 Å². The molecule has 2 atom stereocenters. The molecule has 0 fully saturated rings. The first-order valence-electron chi connectivity index (χ1n) is 8.00. The summed E-state index contributed by atoms with van der Waals surface area (Å²) in [4.78, 5) is 12.4. The molecular formula is C19H20FNO4. The summed E-state index contributed by atoms with van der Waals surface area (Å²) >= 11 is 0. The van der Waals surface area contributed by atoms with Crippen molar-refractivity contribution in [3.05, 3.63) is 59.9 Å². The predicted molar refractivity (Wildman–Crippen MR) is 90.1 cm³/mol. The number of amides is 1. The van der Waals surface area contributed by atoms with Crippen molar-refractivity contribution in [3.8, 4) is 11.5 Å². The van der Waals surface area contributed by atoms with Gasteiger partial charge in [-0.15, -0.1) is 0 Å². The van der Waals surface area contributed by atoms with Crippen LogP contribution in [0.2, 0.25) is 0 Å². The fourth-order valence-electron chi connectivity index (χ4n) is 2.69. The van der Waals surface area contributed by atoms with Crippen LogP contribution in [0.5, 0.6) is 11.5 Å². The van der Waals surface area contributed by atoms with Crippen LogP contribution in [0.15, 0.2) is 48.5 Å². The third-order valence-electron chi connectivity index (χ3n) is 4.30. The molecule has 2 aromatic rings. The second-order valence-electron chi connectivity index (χ2n) is 6.00. The molecule has 0 aliphatic carbocycles. The van der Waals surface area contributed by atoms with E-state index in [1.54, 1.807) is 37.3 Å². The molecule has 25 heavy (non-hydrogen) atoms. The van der Waals surface area contributed by atoms with E-state index in [9.17, 15) is 9.18 Å². The fourth-order valence-corrected chi connectivity index (χ4v) is 2.69. The number of fused-ring (bicyclic) bond motifs is 1. The Labute approximate surface area is 145 Å². The van der Waals surface area contributed by atoms with Crippen molar-refractivity contribution in [3.63, 3.8) is 0 Å². The van der Waals surface area contributed by atoms with Gasteiger partial charge >= 0.3 is 0 Å². The predicted octanol–water partition coefficient (Wildman–Crippen LogP) is 2.64. The number of nitrogens with one attached hydrogen (secondary N) is 1. The Morgan fingerprint density at radius 2 is 1.92 bits per heavy atom. The highest BCUT2D eigenvalue weighted by molar-refractivity contribution is 5.81. The maximum atomic E-state index is 14.1. The quantitative estimate of drug-likeness (QED) is 0.905. The normalized spacial score (nSPS) is 18.3. The third kappa shape index (κ3) is 3.58. The molecule has 0 spiro atoms. The van der Waals surface area contributed by atoms with Gasteiger partial charge in [-0.3, -0.25) is 4.79 Å². The number of ether oxygens (including phenoxy) is 3. The van der Waals surface area contributed by atoms with Crippen molar-refractivity contribution in [1.29, 1.82) is 0 Å². The zero-order valence-electron chi connectivity index (χ0n) is 14.1. The number of methoxy groups -OCH3 is 1. The summed E-state index contributed by atoms with van der Waals surface area (Å²) in [5.41, 5.74) is -0.613. The molecule has 1 N–H and O–H groups in total. The average Bonchev–Trinajstić information content (AvgIpc) is 2.65. The van der Waals surface area contributed by atoms with Crippen LogP contribution in [0.4, 0.5) is 4.39 Å². The number of carbonyl (C=O) groups is 1. The number of para-hydroxylation sites is 2. The molecule has 1 heterocycles. The molecule has 132 valence electrons. The summed E-state index contributed by atoms with van der Waals surface area (Å²) in [5.74, 6) is 0.415. The minimum Gasteiger partial charge on any atom is -0.485 e. The number of carbonyl (C=O) groups excluding carboxylic acids is 1. The molecule has 2 aromatic carbocycles. The summed E-state index contributed by atoms with van der Waals surface area (Å²) < 4.78 is 30.8. The Balaban J connectivity index is 1.66. The molecule has 6 heteroatoms. The van der Waals surface area contributed by atoms with E-state index in [0.29, 0.717) is 17.1 Å². The SMILES string of the molecule is CO[C@@](C)(CNC(=O)[C@@H]1COc2ccccc2O1)c1ccccc1F. The number of rotatable bonds is 5. The lowest BCUT2D eigenvalue weighted by atomic mass is 9.95. The van der Waals surface area contributed by atoms with Crippen molar-refractivity contribution in [2.24, 2.45) is 0 Å². The van der Waals surface area contributed by atoms with Crippen LogP contribution in [-0.4, -0.2) is 32.3 Å². The average molecular weight is 345 g/mol. The third-order valence-corrected chi connectivity index (χ3v) is 4.30. The van der Waals surface area contributed by atoms with E-state index in [-0.39, 0.29) is 24.9 Å². The molecule has 0 bridgehead atoms. The molecule has 0 unspecified atom stereocenters. The Kier molecular flexibility index (Phi) is 4.90. The number of hydrogen-bond donors (Lipinski definition) is 1.